The van der Waals surface area contributed by atoms with Crippen molar-refractivity contribution in [2.45, 2.75) is 25.4 Å². The lowest BCUT2D eigenvalue weighted by molar-refractivity contribution is 0.0237. The number of hydrogen-bond acceptors (Lipinski definition) is 5. The molecule has 3 rings (SSSR count). The lowest BCUT2D eigenvalue weighted by Gasteiger charge is -2.23. The van der Waals surface area contributed by atoms with Gasteiger partial charge in [-0.2, -0.15) is 0 Å². The standard InChI is InChI=1S/C17H25N3O3/c1-19-7-2-8-20(10-9-19)17(21)14-3-4-16(18-13-14)23-15-5-11-22-12-6-15/h3-4,13,15H,2,5-12H2,1H3. The second kappa shape index (κ2) is 7.75. The zero-order valence-electron chi connectivity index (χ0n) is 13.7. The third-order valence-electron chi connectivity index (χ3n) is 4.45. The molecular formula is C17H25N3O3. The average Bonchev–Trinajstić information content (AvgIpc) is 2.80. The summed E-state index contributed by atoms with van der Waals surface area (Å²) in [7, 11) is 2.10. The van der Waals surface area contributed by atoms with E-state index in [0.717, 1.165) is 58.7 Å². The minimum absolute atomic E-state index is 0.0606. The Morgan fingerprint density at radius 3 is 2.78 bits per heavy atom. The van der Waals surface area contributed by atoms with Crippen molar-refractivity contribution in [2.75, 3.05) is 46.4 Å². The van der Waals surface area contributed by atoms with Crippen LogP contribution in [0.2, 0.25) is 0 Å². The number of pyridine rings is 1. The Bertz CT molecular complexity index is 514. The lowest BCUT2D eigenvalue weighted by Crippen LogP contribution is -2.34. The van der Waals surface area contributed by atoms with Crippen LogP contribution in [0.15, 0.2) is 18.3 Å². The molecule has 6 nitrogen and oxygen atoms in total. The molecule has 0 atom stereocenters. The minimum atomic E-state index is 0.0606. The summed E-state index contributed by atoms with van der Waals surface area (Å²) in [4.78, 5) is 21.1. The predicted molar refractivity (Wildman–Crippen MR) is 86.7 cm³/mol. The molecule has 0 bridgehead atoms. The predicted octanol–water partition coefficient (Wildman–Crippen LogP) is 1.42. The SMILES string of the molecule is CN1CCCN(C(=O)c2ccc(OC3CCOCC3)nc2)CC1. The van der Waals surface area contributed by atoms with Gasteiger partial charge in [0.25, 0.3) is 5.91 Å². The Labute approximate surface area is 137 Å². The summed E-state index contributed by atoms with van der Waals surface area (Å²) in [5, 5.41) is 0. The molecule has 3 heterocycles. The summed E-state index contributed by atoms with van der Waals surface area (Å²) in [5.74, 6) is 0.648. The summed E-state index contributed by atoms with van der Waals surface area (Å²) >= 11 is 0. The van der Waals surface area contributed by atoms with Crippen LogP contribution in [0, 0.1) is 0 Å². The molecule has 0 saturated carbocycles. The van der Waals surface area contributed by atoms with E-state index in [1.165, 1.54) is 0 Å². The van der Waals surface area contributed by atoms with E-state index in [0.29, 0.717) is 11.4 Å². The molecule has 2 aliphatic rings. The Balaban J connectivity index is 1.58. The highest BCUT2D eigenvalue weighted by Gasteiger charge is 2.20. The van der Waals surface area contributed by atoms with Crippen LogP contribution in [0.5, 0.6) is 5.88 Å². The summed E-state index contributed by atoms with van der Waals surface area (Å²) < 4.78 is 11.2. The molecule has 0 N–H and O–H groups in total. The lowest BCUT2D eigenvalue weighted by atomic mass is 10.1. The smallest absolute Gasteiger partial charge is 0.255 e. The van der Waals surface area contributed by atoms with Crippen LogP contribution in [0.1, 0.15) is 29.6 Å². The number of aromatic nitrogens is 1. The Kier molecular flexibility index (Phi) is 5.46. The number of carbonyl (C=O) groups excluding carboxylic acids is 1. The maximum absolute atomic E-state index is 12.6. The van der Waals surface area contributed by atoms with Gasteiger partial charge in [-0.25, -0.2) is 4.98 Å². The quantitative estimate of drug-likeness (QED) is 0.843. The summed E-state index contributed by atoms with van der Waals surface area (Å²) in [5.41, 5.74) is 0.633. The van der Waals surface area contributed by atoms with Gasteiger partial charge < -0.3 is 19.3 Å². The number of nitrogens with zero attached hydrogens (tertiary/aromatic N) is 3. The highest BCUT2D eigenvalue weighted by Crippen LogP contribution is 2.17. The Hall–Kier alpha value is -1.66. The molecule has 1 amide bonds. The van der Waals surface area contributed by atoms with E-state index in [1.54, 1.807) is 12.3 Å². The third-order valence-corrected chi connectivity index (χ3v) is 4.45. The molecule has 0 aromatic carbocycles. The van der Waals surface area contributed by atoms with Gasteiger partial charge in [-0.3, -0.25) is 4.79 Å². The van der Waals surface area contributed by atoms with Gasteiger partial charge in [0.15, 0.2) is 0 Å². The summed E-state index contributed by atoms with van der Waals surface area (Å²) in [6, 6.07) is 3.62. The first-order valence-electron chi connectivity index (χ1n) is 8.40. The minimum Gasteiger partial charge on any atom is -0.474 e. The highest BCUT2D eigenvalue weighted by molar-refractivity contribution is 5.94. The normalized spacial score (nSPS) is 21.0. The summed E-state index contributed by atoms with van der Waals surface area (Å²) in [6.45, 7) is 5.03. The number of rotatable bonds is 3. The van der Waals surface area contributed by atoms with E-state index in [2.05, 4.69) is 16.9 Å². The average molecular weight is 319 g/mol. The van der Waals surface area contributed by atoms with E-state index in [4.69, 9.17) is 9.47 Å². The van der Waals surface area contributed by atoms with E-state index >= 15 is 0 Å². The molecule has 0 spiro atoms. The van der Waals surface area contributed by atoms with Crippen LogP contribution >= 0.6 is 0 Å². The molecule has 2 saturated heterocycles. The number of amides is 1. The monoisotopic (exact) mass is 319 g/mol. The molecule has 2 aliphatic heterocycles. The van der Waals surface area contributed by atoms with Crippen molar-refractivity contribution >= 4 is 5.91 Å². The third kappa shape index (κ3) is 4.42. The van der Waals surface area contributed by atoms with Gasteiger partial charge in [-0.1, -0.05) is 0 Å². The molecule has 2 fully saturated rings. The first-order chi connectivity index (χ1) is 11.2. The molecule has 0 radical (unpaired) electrons. The molecule has 23 heavy (non-hydrogen) atoms. The fraction of sp³-hybridized carbons (Fsp3) is 0.647. The molecule has 1 aromatic rings. The fourth-order valence-corrected chi connectivity index (χ4v) is 2.97. The first kappa shape index (κ1) is 16.2. The zero-order valence-corrected chi connectivity index (χ0v) is 13.7. The second-order valence-corrected chi connectivity index (χ2v) is 6.26. The molecule has 1 aromatic heterocycles. The van der Waals surface area contributed by atoms with Crippen molar-refractivity contribution in [1.29, 1.82) is 0 Å². The molecular weight excluding hydrogens is 294 g/mol. The number of likely N-dealkylation sites (N-methyl/N-ethyl adjacent to an activating group) is 1. The van der Waals surface area contributed by atoms with Gasteiger partial charge in [0.2, 0.25) is 5.88 Å². The maximum Gasteiger partial charge on any atom is 0.255 e. The van der Waals surface area contributed by atoms with Crippen LogP contribution in [-0.4, -0.2) is 73.2 Å². The van der Waals surface area contributed by atoms with Gasteiger partial charge in [-0.05, 0) is 26.1 Å². The molecule has 6 heteroatoms. The van der Waals surface area contributed by atoms with Crippen LogP contribution in [0.4, 0.5) is 0 Å². The Morgan fingerprint density at radius 1 is 1.22 bits per heavy atom. The first-order valence-corrected chi connectivity index (χ1v) is 8.40. The number of carbonyl (C=O) groups is 1. The van der Waals surface area contributed by atoms with Crippen molar-refractivity contribution < 1.29 is 14.3 Å². The van der Waals surface area contributed by atoms with Crippen LogP contribution in [0.25, 0.3) is 0 Å². The molecule has 0 aliphatic carbocycles. The van der Waals surface area contributed by atoms with E-state index in [1.807, 2.05) is 11.0 Å². The Morgan fingerprint density at radius 2 is 2.04 bits per heavy atom. The van der Waals surface area contributed by atoms with Gasteiger partial charge in [0.05, 0.1) is 18.8 Å². The van der Waals surface area contributed by atoms with Crippen molar-refractivity contribution in [3.63, 3.8) is 0 Å². The van der Waals surface area contributed by atoms with Gasteiger partial charge >= 0.3 is 0 Å². The topological polar surface area (TPSA) is 54.9 Å². The number of hydrogen-bond donors (Lipinski definition) is 0. The second-order valence-electron chi connectivity index (χ2n) is 6.26. The van der Waals surface area contributed by atoms with E-state index in [9.17, 15) is 4.79 Å². The van der Waals surface area contributed by atoms with Crippen molar-refractivity contribution in [1.82, 2.24) is 14.8 Å². The van der Waals surface area contributed by atoms with Gasteiger partial charge in [0, 0.05) is 44.7 Å². The molecule has 126 valence electrons. The molecule has 0 unspecified atom stereocenters. The highest BCUT2D eigenvalue weighted by atomic mass is 16.5. The van der Waals surface area contributed by atoms with Crippen LogP contribution in [0.3, 0.4) is 0 Å². The summed E-state index contributed by atoms with van der Waals surface area (Å²) in [6.07, 6.45) is 4.60. The van der Waals surface area contributed by atoms with Crippen LogP contribution in [-0.2, 0) is 4.74 Å². The fourth-order valence-electron chi connectivity index (χ4n) is 2.97. The van der Waals surface area contributed by atoms with Gasteiger partial charge in [0.1, 0.15) is 6.10 Å². The van der Waals surface area contributed by atoms with E-state index in [-0.39, 0.29) is 12.0 Å². The van der Waals surface area contributed by atoms with Crippen molar-refractivity contribution in [3.05, 3.63) is 23.9 Å². The van der Waals surface area contributed by atoms with Crippen molar-refractivity contribution in [2.24, 2.45) is 0 Å². The largest absolute Gasteiger partial charge is 0.474 e. The maximum atomic E-state index is 12.6. The van der Waals surface area contributed by atoms with Crippen molar-refractivity contribution in [3.8, 4) is 5.88 Å². The van der Waals surface area contributed by atoms with E-state index < -0.39 is 0 Å². The van der Waals surface area contributed by atoms with Crippen LogP contribution < -0.4 is 4.74 Å². The van der Waals surface area contributed by atoms with Gasteiger partial charge in [-0.15, -0.1) is 0 Å². The number of ether oxygens (including phenoxy) is 2. The zero-order chi connectivity index (χ0) is 16.1.